The van der Waals surface area contributed by atoms with Crippen LogP contribution in [0.15, 0.2) is 134 Å². The first kappa shape index (κ1) is 44.9. The zero-order chi connectivity index (χ0) is 49.1. The van der Waals surface area contributed by atoms with E-state index < -0.39 is 0 Å². The Labute approximate surface area is 411 Å². The maximum atomic E-state index is 5.72. The van der Waals surface area contributed by atoms with Crippen LogP contribution in [0.1, 0.15) is 105 Å². The fourth-order valence-electron chi connectivity index (χ4n) is 10.1. The van der Waals surface area contributed by atoms with E-state index in [-0.39, 0.29) is 21.7 Å². The van der Waals surface area contributed by atoms with Crippen molar-refractivity contribution in [2.24, 2.45) is 0 Å². The molecular weight excluding hydrogens is 857 g/mol. The van der Waals surface area contributed by atoms with Gasteiger partial charge in [-0.2, -0.15) is 0 Å². The van der Waals surface area contributed by atoms with Crippen LogP contribution in [0, 0.1) is 0 Å². The zero-order valence-electron chi connectivity index (χ0n) is 42.5. The van der Waals surface area contributed by atoms with Crippen LogP contribution in [-0.2, 0) is 21.7 Å². The number of hydrogen-bond acceptors (Lipinski definition) is 4. The Morgan fingerprint density at radius 3 is 0.771 bits per heavy atom. The lowest BCUT2D eigenvalue weighted by atomic mass is 9.86. The minimum atomic E-state index is -0.0191. The Balaban J connectivity index is 1.34. The molecular formula is C62H62N8. The summed E-state index contributed by atoms with van der Waals surface area (Å²) in [6, 6.07) is 44.6. The van der Waals surface area contributed by atoms with Gasteiger partial charge in [-0.1, -0.05) is 180 Å². The van der Waals surface area contributed by atoms with Gasteiger partial charge in [0.25, 0.3) is 0 Å². The number of H-pyrrole nitrogens is 4. The van der Waals surface area contributed by atoms with Crippen molar-refractivity contribution in [3.05, 3.63) is 156 Å². The number of imidazole rings is 2. The molecule has 4 aromatic carbocycles. The molecule has 0 spiro atoms. The second kappa shape index (κ2) is 16.0. The summed E-state index contributed by atoms with van der Waals surface area (Å²) in [5.41, 5.74) is 23.2. The quantitative estimate of drug-likeness (QED) is 0.141. The predicted molar refractivity (Wildman–Crippen MR) is 291 cm³/mol. The van der Waals surface area contributed by atoms with E-state index in [2.05, 4.69) is 224 Å². The molecule has 0 amide bonds. The van der Waals surface area contributed by atoms with Gasteiger partial charge in [0.2, 0.25) is 0 Å². The highest BCUT2D eigenvalue weighted by Gasteiger charge is 2.31. The summed E-state index contributed by atoms with van der Waals surface area (Å²) in [6.07, 6.45) is 3.60. The van der Waals surface area contributed by atoms with Crippen LogP contribution >= 0.6 is 0 Å². The Kier molecular flexibility index (Phi) is 10.3. The number of aromatic amines is 4. The summed E-state index contributed by atoms with van der Waals surface area (Å²) >= 11 is 0. The van der Waals surface area contributed by atoms with Gasteiger partial charge < -0.3 is 19.9 Å². The van der Waals surface area contributed by atoms with Crippen molar-refractivity contribution in [1.29, 1.82) is 0 Å². The van der Waals surface area contributed by atoms with Gasteiger partial charge in [0.1, 0.15) is 22.8 Å². The molecule has 8 bridgehead atoms. The van der Waals surface area contributed by atoms with Crippen LogP contribution in [0.2, 0.25) is 0 Å². The summed E-state index contributed by atoms with van der Waals surface area (Å²) in [5.74, 6) is 0. The number of nitrogens with zero attached hydrogens (tertiary/aromatic N) is 4. The van der Waals surface area contributed by atoms with Gasteiger partial charge >= 0.3 is 0 Å². The van der Waals surface area contributed by atoms with Crippen LogP contribution in [0.25, 0.3) is 112 Å². The molecule has 350 valence electrons. The third-order valence-corrected chi connectivity index (χ3v) is 14.2. The van der Waals surface area contributed by atoms with Crippen LogP contribution in [0.4, 0.5) is 0 Å². The van der Waals surface area contributed by atoms with E-state index >= 15 is 0 Å². The lowest BCUT2D eigenvalue weighted by Gasteiger charge is -2.19. The molecule has 0 aliphatic carbocycles. The molecule has 5 aromatic heterocycles. The van der Waals surface area contributed by atoms with E-state index in [9.17, 15) is 0 Å². The maximum Gasteiger partial charge on any atom is 0.117 e. The van der Waals surface area contributed by atoms with Crippen molar-refractivity contribution in [2.45, 2.75) is 105 Å². The molecule has 0 atom stereocenters. The maximum absolute atomic E-state index is 5.72. The second-order valence-corrected chi connectivity index (χ2v) is 23.3. The number of fused-ring (bicyclic) bond motifs is 14. The normalized spacial score (nSPS) is 12.9. The average Bonchev–Trinajstić information content (AvgIpc) is 4.18. The van der Waals surface area contributed by atoms with Gasteiger partial charge in [-0.05, 0) is 90.4 Å². The third kappa shape index (κ3) is 7.70. The van der Waals surface area contributed by atoms with Crippen LogP contribution in [-0.4, -0.2) is 39.9 Å². The average molecular weight is 919 g/mol. The third-order valence-electron chi connectivity index (χ3n) is 14.2. The van der Waals surface area contributed by atoms with Gasteiger partial charge in [0.05, 0.1) is 35.4 Å². The van der Waals surface area contributed by atoms with Crippen molar-refractivity contribution in [1.82, 2.24) is 39.9 Å². The number of nitrogens with one attached hydrogen (secondary N) is 4. The highest BCUT2D eigenvalue weighted by atomic mass is 15.0. The molecule has 2 aliphatic heterocycles. The van der Waals surface area contributed by atoms with E-state index in [0.717, 1.165) is 112 Å². The van der Waals surface area contributed by atoms with Gasteiger partial charge in [0.15, 0.2) is 0 Å². The summed E-state index contributed by atoms with van der Waals surface area (Å²) in [5, 5.41) is 0. The highest BCUT2D eigenvalue weighted by Crippen LogP contribution is 2.48. The Hall–Kier alpha value is -7.58. The van der Waals surface area contributed by atoms with Crippen LogP contribution in [0.3, 0.4) is 0 Å². The highest BCUT2D eigenvalue weighted by molar-refractivity contribution is 6.05. The summed E-state index contributed by atoms with van der Waals surface area (Å²) in [7, 11) is 0. The summed E-state index contributed by atoms with van der Waals surface area (Å²) in [4.78, 5) is 36.6. The monoisotopic (exact) mass is 919 g/mol. The molecule has 0 fully saturated rings. The minimum Gasteiger partial charge on any atom is -0.354 e. The van der Waals surface area contributed by atoms with Crippen LogP contribution in [0.5, 0.6) is 0 Å². The predicted octanol–water partition coefficient (Wildman–Crippen LogP) is 16.3. The molecule has 8 heteroatoms. The van der Waals surface area contributed by atoms with Gasteiger partial charge in [-0.25, -0.2) is 19.9 Å². The van der Waals surface area contributed by atoms with Crippen molar-refractivity contribution < 1.29 is 0 Å². The molecule has 8 nitrogen and oxygen atoms in total. The Bertz CT molecular complexity index is 3170. The fraction of sp³-hybridized carbons (Fsp3) is 0.258. The number of aromatic nitrogens is 8. The fourth-order valence-corrected chi connectivity index (χ4v) is 10.1. The van der Waals surface area contributed by atoms with E-state index in [0.29, 0.717) is 0 Å². The van der Waals surface area contributed by atoms with Crippen molar-refractivity contribution in [3.8, 4) is 90.1 Å². The van der Waals surface area contributed by atoms with Crippen molar-refractivity contribution in [2.75, 3.05) is 0 Å². The summed E-state index contributed by atoms with van der Waals surface area (Å²) in [6.45, 7) is 27.0. The van der Waals surface area contributed by atoms with E-state index in [1.807, 2.05) is 0 Å². The van der Waals surface area contributed by atoms with E-state index in [1.54, 1.807) is 12.7 Å². The largest absolute Gasteiger partial charge is 0.354 e. The Morgan fingerprint density at radius 2 is 0.529 bits per heavy atom. The molecule has 7 heterocycles. The molecule has 9 aromatic rings. The smallest absolute Gasteiger partial charge is 0.117 e. The second-order valence-electron chi connectivity index (χ2n) is 23.3. The molecule has 0 unspecified atom stereocenters. The molecule has 11 rings (SSSR count). The van der Waals surface area contributed by atoms with Gasteiger partial charge in [-0.15, -0.1) is 0 Å². The molecule has 4 N–H and O–H groups in total. The van der Waals surface area contributed by atoms with Gasteiger partial charge in [-0.3, -0.25) is 0 Å². The van der Waals surface area contributed by atoms with Crippen LogP contribution < -0.4 is 0 Å². The lowest BCUT2D eigenvalue weighted by molar-refractivity contribution is 0.590. The first-order chi connectivity index (χ1) is 33.2. The molecule has 0 saturated heterocycles. The number of hydrogen-bond donors (Lipinski definition) is 4. The van der Waals surface area contributed by atoms with Crippen molar-refractivity contribution in [3.63, 3.8) is 0 Å². The number of rotatable bonds is 4. The standard InChI is InChI=1S/C62H62N8/c1-59(2,3)39-21-13-35(14-22-39)47-43-29-30-44(67-43)48(36-15-23-40(24-16-36)60(4,5)6)53-57-58(66-34-65-57)54(70-53)50(38-19-27-42(28-20-38)62(10,11)12)46-32-31-45(68-46)49(37-17-25-41(26-18-37)61(7,8)9)52-56-55(51(47)69-52)63-33-64-56/h13-34,67-68H,1-12H3,(H,63,64)(H,65,66). The SMILES string of the molecule is CC(C)(C)c1ccc(-c2c3nc(c(-c4ccc(C(C)(C)C)cc4)c4ccc([nH]4)c(-c4ccc(C(C)(C)C)cc4)c4nc(c(-c5ccc(C(C)(C)C)cc5)c5ccc2[nH]5)-c2[nH]cnc2-4)-c2[nH]cnc2-3)cc1. The van der Waals surface area contributed by atoms with E-state index in [1.165, 1.54) is 22.3 Å². The summed E-state index contributed by atoms with van der Waals surface area (Å²) < 4.78 is 0. The number of benzene rings is 4. The topological polar surface area (TPSA) is 115 Å². The minimum absolute atomic E-state index is 0.0183. The van der Waals surface area contributed by atoms with E-state index in [4.69, 9.17) is 19.9 Å². The molecule has 2 aliphatic rings. The Morgan fingerprint density at radius 1 is 0.286 bits per heavy atom. The molecule has 0 saturated carbocycles. The van der Waals surface area contributed by atoms with Gasteiger partial charge in [0, 0.05) is 44.3 Å². The molecule has 0 radical (unpaired) electrons. The van der Waals surface area contributed by atoms with Crippen molar-refractivity contribution >= 4 is 22.1 Å². The first-order valence-corrected chi connectivity index (χ1v) is 24.5. The zero-order valence-corrected chi connectivity index (χ0v) is 42.5. The molecule has 70 heavy (non-hydrogen) atoms. The first-order valence-electron chi connectivity index (χ1n) is 24.5. The lowest BCUT2D eigenvalue weighted by Crippen LogP contribution is -2.10.